The summed E-state index contributed by atoms with van der Waals surface area (Å²) in [6, 6.07) is 14.2. The van der Waals surface area contributed by atoms with Crippen molar-refractivity contribution in [3.63, 3.8) is 0 Å². The van der Waals surface area contributed by atoms with E-state index in [9.17, 15) is 8.42 Å². The van der Waals surface area contributed by atoms with Crippen molar-refractivity contribution in [1.29, 1.82) is 0 Å². The van der Waals surface area contributed by atoms with Crippen LogP contribution in [0.15, 0.2) is 57.9 Å². The van der Waals surface area contributed by atoms with Crippen LogP contribution in [0.1, 0.15) is 5.56 Å². The van der Waals surface area contributed by atoms with E-state index in [0.29, 0.717) is 17.3 Å². The van der Waals surface area contributed by atoms with Crippen molar-refractivity contribution in [1.82, 2.24) is 4.72 Å². The maximum absolute atomic E-state index is 12.1. The van der Waals surface area contributed by atoms with Gasteiger partial charge in [0.2, 0.25) is 10.0 Å². The summed E-state index contributed by atoms with van der Waals surface area (Å²) >= 11 is 10.9. The average molecular weight is 421 g/mol. The van der Waals surface area contributed by atoms with Crippen LogP contribution in [0.3, 0.4) is 0 Å². The number of hydrogen-bond acceptors (Lipinski definition) is 3. The maximum Gasteiger partial charge on any atom is 0.240 e. The fourth-order valence-corrected chi connectivity index (χ4v) is 4.21. The molecule has 2 rings (SSSR count). The van der Waals surface area contributed by atoms with Crippen LogP contribution in [0.4, 0.5) is 0 Å². The lowest BCUT2D eigenvalue weighted by Gasteiger charge is -2.07. The summed E-state index contributed by atoms with van der Waals surface area (Å²) in [5, 5.41) is 0.717. The number of thioether (sulfide) groups is 1. The first-order valence-electron chi connectivity index (χ1n) is 6.55. The lowest BCUT2D eigenvalue weighted by molar-refractivity contribution is 0.584. The van der Waals surface area contributed by atoms with E-state index in [0.717, 1.165) is 15.8 Å². The molecule has 1 N–H and O–H groups in total. The molecule has 7 heteroatoms. The normalized spacial score (nSPS) is 11.5. The third-order valence-electron chi connectivity index (χ3n) is 2.82. The lowest BCUT2D eigenvalue weighted by atomic mass is 10.2. The van der Waals surface area contributed by atoms with Gasteiger partial charge >= 0.3 is 0 Å². The Morgan fingerprint density at radius 3 is 2.55 bits per heavy atom. The molecular weight excluding hydrogens is 406 g/mol. The van der Waals surface area contributed by atoms with Crippen LogP contribution in [0.2, 0.25) is 5.02 Å². The van der Waals surface area contributed by atoms with E-state index in [1.807, 2.05) is 24.3 Å². The summed E-state index contributed by atoms with van der Waals surface area (Å²) in [7, 11) is -3.43. The van der Waals surface area contributed by atoms with Crippen molar-refractivity contribution in [3.05, 3.63) is 63.6 Å². The van der Waals surface area contributed by atoms with Crippen LogP contribution >= 0.6 is 39.3 Å². The highest BCUT2D eigenvalue weighted by Crippen LogP contribution is 2.17. The molecule has 0 saturated carbocycles. The second-order valence-corrected chi connectivity index (χ2v) is 8.76. The van der Waals surface area contributed by atoms with Gasteiger partial charge in [0.05, 0.1) is 4.90 Å². The number of benzene rings is 2. The molecule has 118 valence electrons. The van der Waals surface area contributed by atoms with Crippen molar-refractivity contribution in [2.75, 3.05) is 12.3 Å². The predicted molar refractivity (Wildman–Crippen MR) is 96.9 cm³/mol. The SMILES string of the molecule is O=S(=O)(NCCSCc1cccc(Cl)c1)c1ccc(Br)cc1. The fourth-order valence-electron chi connectivity index (χ4n) is 1.76. The Bertz CT molecular complexity index is 721. The van der Waals surface area contributed by atoms with Gasteiger partial charge in [-0.1, -0.05) is 39.7 Å². The molecule has 2 aromatic carbocycles. The van der Waals surface area contributed by atoms with Gasteiger partial charge in [0, 0.05) is 27.5 Å². The molecule has 0 saturated heterocycles. The summed E-state index contributed by atoms with van der Waals surface area (Å²) in [5.41, 5.74) is 1.13. The molecule has 0 aliphatic rings. The number of rotatable bonds is 7. The van der Waals surface area contributed by atoms with Gasteiger partial charge in [0.25, 0.3) is 0 Å². The number of sulfonamides is 1. The first-order valence-corrected chi connectivity index (χ1v) is 10.4. The highest BCUT2D eigenvalue weighted by Gasteiger charge is 2.12. The standard InChI is InChI=1S/C15H15BrClNO2S2/c16-13-4-6-15(7-5-13)22(19,20)18-8-9-21-11-12-2-1-3-14(17)10-12/h1-7,10,18H,8-9,11H2. The molecule has 0 amide bonds. The van der Waals surface area contributed by atoms with E-state index in [1.165, 1.54) is 0 Å². The Kier molecular flexibility index (Phi) is 6.77. The average Bonchev–Trinajstić information content (AvgIpc) is 2.47. The summed E-state index contributed by atoms with van der Waals surface area (Å²) in [6.45, 7) is 0.392. The third kappa shape index (κ3) is 5.59. The number of nitrogens with one attached hydrogen (secondary N) is 1. The van der Waals surface area contributed by atoms with Crippen molar-refractivity contribution >= 4 is 49.3 Å². The summed E-state index contributed by atoms with van der Waals surface area (Å²) < 4.78 is 27.6. The summed E-state index contributed by atoms with van der Waals surface area (Å²) in [5.74, 6) is 1.50. The first-order chi connectivity index (χ1) is 10.5. The molecule has 0 aromatic heterocycles. The molecule has 0 radical (unpaired) electrons. The van der Waals surface area contributed by atoms with Gasteiger partial charge in [0.15, 0.2) is 0 Å². The van der Waals surface area contributed by atoms with Gasteiger partial charge in [-0.15, -0.1) is 0 Å². The van der Waals surface area contributed by atoms with E-state index >= 15 is 0 Å². The molecule has 0 unspecified atom stereocenters. The van der Waals surface area contributed by atoms with Crippen LogP contribution in [0.5, 0.6) is 0 Å². The maximum atomic E-state index is 12.1. The van der Waals surface area contributed by atoms with Gasteiger partial charge < -0.3 is 0 Å². The lowest BCUT2D eigenvalue weighted by Crippen LogP contribution is -2.26. The van der Waals surface area contributed by atoms with Crippen LogP contribution < -0.4 is 4.72 Å². The Balaban J connectivity index is 1.77. The molecule has 0 bridgehead atoms. The highest BCUT2D eigenvalue weighted by atomic mass is 79.9. The second kappa shape index (κ2) is 8.36. The van der Waals surface area contributed by atoms with Gasteiger partial charge in [-0.3, -0.25) is 0 Å². The zero-order valence-corrected chi connectivity index (χ0v) is 15.6. The Morgan fingerprint density at radius 1 is 1.14 bits per heavy atom. The van der Waals surface area contributed by atoms with Crippen LogP contribution in [0, 0.1) is 0 Å². The van der Waals surface area contributed by atoms with Gasteiger partial charge in [-0.05, 0) is 42.0 Å². The third-order valence-corrected chi connectivity index (χ3v) is 6.09. The summed E-state index contributed by atoms with van der Waals surface area (Å²) in [4.78, 5) is 0.274. The van der Waals surface area contributed by atoms with Crippen LogP contribution in [-0.4, -0.2) is 20.7 Å². The summed E-state index contributed by atoms with van der Waals surface area (Å²) in [6.07, 6.45) is 0. The predicted octanol–water partition coefficient (Wildman–Crippen LogP) is 4.31. The van der Waals surface area contributed by atoms with Crippen LogP contribution in [0.25, 0.3) is 0 Å². The zero-order valence-electron chi connectivity index (χ0n) is 11.6. The minimum Gasteiger partial charge on any atom is -0.210 e. The van der Waals surface area contributed by atoms with E-state index in [2.05, 4.69) is 20.7 Å². The molecule has 0 spiro atoms. The first kappa shape index (κ1) is 17.8. The molecular formula is C15H15BrClNO2S2. The van der Waals surface area contributed by atoms with Crippen molar-refractivity contribution in [3.8, 4) is 0 Å². The van der Waals surface area contributed by atoms with E-state index in [-0.39, 0.29) is 4.90 Å². The zero-order chi connectivity index (χ0) is 16.0. The Hall–Kier alpha value is -0.530. The second-order valence-electron chi connectivity index (χ2n) is 4.53. The smallest absolute Gasteiger partial charge is 0.210 e. The molecule has 0 aliphatic heterocycles. The largest absolute Gasteiger partial charge is 0.240 e. The van der Waals surface area contributed by atoms with E-state index in [1.54, 1.807) is 36.0 Å². The van der Waals surface area contributed by atoms with Gasteiger partial charge in [0.1, 0.15) is 0 Å². The van der Waals surface area contributed by atoms with Gasteiger partial charge in [-0.2, -0.15) is 11.8 Å². The highest BCUT2D eigenvalue weighted by molar-refractivity contribution is 9.10. The fraction of sp³-hybridized carbons (Fsp3) is 0.200. The molecule has 0 atom stereocenters. The Labute approximate surface area is 148 Å². The quantitative estimate of drug-likeness (QED) is 0.679. The monoisotopic (exact) mass is 419 g/mol. The Morgan fingerprint density at radius 2 is 1.86 bits per heavy atom. The molecule has 0 heterocycles. The van der Waals surface area contributed by atoms with E-state index < -0.39 is 10.0 Å². The van der Waals surface area contributed by atoms with Crippen molar-refractivity contribution in [2.24, 2.45) is 0 Å². The number of halogens is 2. The number of hydrogen-bond donors (Lipinski definition) is 1. The minimum atomic E-state index is -3.43. The van der Waals surface area contributed by atoms with Crippen molar-refractivity contribution in [2.45, 2.75) is 10.6 Å². The molecule has 0 aliphatic carbocycles. The molecule has 0 fully saturated rings. The van der Waals surface area contributed by atoms with Gasteiger partial charge in [-0.25, -0.2) is 13.1 Å². The molecule has 3 nitrogen and oxygen atoms in total. The topological polar surface area (TPSA) is 46.2 Å². The molecule has 2 aromatic rings. The van der Waals surface area contributed by atoms with E-state index in [4.69, 9.17) is 11.6 Å². The van der Waals surface area contributed by atoms with Crippen molar-refractivity contribution < 1.29 is 8.42 Å². The molecule has 22 heavy (non-hydrogen) atoms. The van der Waals surface area contributed by atoms with Crippen LogP contribution in [-0.2, 0) is 15.8 Å². The minimum absolute atomic E-state index is 0.274.